The highest BCUT2D eigenvalue weighted by atomic mass is 32.1. The molecule has 2 aromatic heterocycles. The molecule has 5 heteroatoms. The van der Waals surface area contributed by atoms with Gasteiger partial charge in [-0.3, -0.25) is 4.79 Å². The van der Waals surface area contributed by atoms with Crippen LogP contribution in [0.5, 0.6) is 0 Å². The molecule has 0 fully saturated rings. The predicted molar refractivity (Wildman–Crippen MR) is 89.4 cm³/mol. The van der Waals surface area contributed by atoms with Crippen molar-refractivity contribution < 1.29 is 9.21 Å². The molecule has 0 aromatic carbocycles. The number of hydrogen-bond donors (Lipinski definition) is 1. The summed E-state index contributed by atoms with van der Waals surface area (Å²) in [5.41, 5.74) is 0.830. The molecule has 0 aliphatic carbocycles. The molecule has 0 aliphatic rings. The molecule has 0 radical (unpaired) electrons. The number of carbonyl (C=O) groups is 1. The van der Waals surface area contributed by atoms with Crippen molar-refractivity contribution in [3.05, 3.63) is 39.7 Å². The Hall–Kier alpha value is -1.62. The second-order valence-electron chi connectivity index (χ2n) is 6.11. The lowest BCUT2D eigenvalue weighted by Crippen LogP contribution is -2.32. The SMILES string of the molecule is Cc1nc(CC(C)C)sc1C(=O)NC(C)CCc1ccco1. The number of furan rings is 1. The average Bonchev–Trinajstić information content (AvgIpc) is 3.05. The Balaban J connectivity index is 1.89. The standard InChI is InChI=1S/C17H24N2O2S/c1-11(2)10-15-19-13(4)16(22-15)17(20)18-12(3)7-8-14-6-5-9-21-14/h5-6,9,11-12H,7-8,10H2,1-4H3,(H,18,20). The molecule has 0 aliphatic heterocycles. The summed E-state index contributed by atoms with van der Waals surface area (Å²) < 4.78 is 5.31. The van der Waals surface area contributed by atoms with Crippen molar-refractivity contribution in [2.24, 2.45) is 5.92 Å². The fraction of sp³-hybridized carbons (Fsp3) is 0.529. The zero-order valence-corrected chi connectivity index (χ0v) is 14.5. The molecule has 0 saturated carbocycles. The molecule has 1 unspecified atom stereocenters. The fourth-order valence-electron chi connectivity index (χ4n) is 2.27. The largest absolute Gasteiger partial charge is 0.469 e. The summed E-state index contributed by atoms with van der Waals surface area (Å²) in [5, 5.41) is 4.10. The third-order valence-electron chi connectivity index (χ3n) is 3.41. The lowest BCUT2D eigenvalue weighted by molar-refractivity contribution is 0.0941. The van der Waals surface area contributed by atoms with E-state index in [2.05, 4.69) is 24.1 Å². The first-order chi connectivity index (χ1) is 10.5. The molecule has 0 saturated heterocycles. The summed E-state index contributed by atoms with van der Waals surface area (Å²) in [5.74, 6) is 1.49. The van der Waals surface area contributed by atoms with Crippen molar-refractivity contribution in [2.45, 2.75) is 53.0 Å². The van der Waals surface area contributed by atoms with E-state index in [4.69, 9.17) is 4.42 Å². The number of thiazole rings is 1. The minimum absolute atomic E-state index is 0.0167. The van der Waals surface area contributed by atoms with Crippen molar-refractivity contribution >= 4 is 17.2 Å². The maximum absolute atomic E-state index is 12.4. The molecular formula is C17H24N2O2S. The number of nitrogens with one attached hydrogen (secondary N) is 1. The van der Waals surface area contributed by atoms with Gasteiger partial charge in [0.2, 0.25) is 0 Å². The van der Waals surface area contributed by atoms with Gasteiger partial charge in [0.25, 0.3) is 5.91 Å². The summed E-state index contributed by atoms with van der Waals surface area (Å²) in [6, 6.07) is 3.95. The van der Waals surface area contributed by atoms with Gasteiger partial charge in [-0.25, -0.2) is 4.98 Å². The Morgan fingerprint density at radius 1 is 1.41 bits per heavy atom. The third-order valence-corrected chi connectivity index (χ3v) is 4.59. The molecule has 120 valence electrons. The van der Waals surface area contributed by atoms with Crippen LogP contribution in [0.3, 0.4) is 0 Å². The molecule has 1 amide bonds. The number of rotatable bonds is 7. The maximum Gasteiger partial charge on any atom is 0.263 e. The second kappa shape index (κ2) is 7.58. The molecule has 0 spiro atoms. The topological polar surface area (TPSA) is 55.1 Å². The van der Waals surface area contributed by atoms with Gasteiger partial charge in [-0.1, -0.05) is 13.8 Å². The van der Waals surface area contributed by atoms with Gasteiger partial charge < -0.3 is 9.73 Å². The van der Waals surface area contributed by atoms with Crippen molar-refractivity contribution in [3.8, 4) is 0 Å². The number of amides is 1. The first-order valence-corrected chi connectivity index (χ1v) is 8.57. The summed E-state index contributed by atoms with van der Waals surface area (Å²) in [6.45, 7) is 8.25. The molecule has 2 rings (SSSR count). The van der Waals surface area contributed by atoms with Gasteiger partial charge in [-0.05, 0) is 38.3 Å². The van der Waals surface area contributed by atoms with Crippen molar-refractivity contribution in [1.29, 1.82) is 0 Å². The van der Waals surface area contributed by atoms with Crippen LogP contribution in [0.25, 0.3) is 0 Å². The van der Waals surface area contributed by atoms with Crippen LogP contribution in [-0.4, -0.2) is 16.9 Å². The van der Waals surface area contributed by atoms with E-state index in [1.54, 1.807) is 6.26 Å². The normalized spacial score (nSPS) is 12.6. The zero-order chi connectivity index (χ0) is 16.1. The Labute approximate surface area is 136 Å². The first kappa shape index (κ1) is 16.7. The monoisotopic (exact) mass is 320 g/mol. The van der Waals surface area contributed by atoms with Gasteiger partial charge in [0, 0.05) is 18.9 Å². The Bertz CT molecular complexity index is 602. The molecule has 2 aromatic rings. The lowest BCUT2D eigenvalue weighted by Gasteiger charge is -2.12. The molecule has 2 heterocycles. The van der Waals surface area contributed by atoms with Crippen LogP contribution >= 0.6 is 11.3 Å². The number of aromatic nitrogens is 1. The van der Waals surface area contributed by atoms with E-state index in [9.17, 15) is 4.79 Å². The smallest absolute Gasteiger partial charge is 0.263 e. The third kappa shape index (κ3) is 4.70. The van der Waals surface area contributed by atoms with Crippen LogP contribution in [0, 0.1) is 12.8 Å². The minimum Gasteiger partial charge on any atom is -0.469 e. The van der Waals surface area contributed by atoms with E-state index in [0.717, 1.165) is 40.6 Å². The molecule has 1 N–H and O–H groups in total. The van der Waals surface area contributed by atoms with Crippen LogP contribution in [0.15, 0.2) is 22.8 Å². The van der Waals surface area contributed by atoms with Crippen LogP contribution < -0.4 is 5.32 Å². The molecular weight excluding hydrogens is 296 g/mol. The van der Waals surface area contributed by atoms with E-state index in [0.29, 0.717) is 5.92 Å². The number of hydrogen-bond acceptors (Lipinski definition) is 4. The summed E-state index contributed by atoms with van der Waals surface area (Å²) in [7, 11) is 0. The van der Waals surface area contributed by atoms with Crippen LogP contribution in [-0.2, 0) is 12.8 Å². The Morgan fingerprint density at radius 3 is 2.82 bits per heavy atom. The Kier molecular flexibility index (Phi) is 5.77. The number of nitrogens with zero attached hydrogens (tertiary/aromatic N) is 1. The van der Waals surface area contributed by atoms with Crippen LogP contribution in [0.2, 0.25) is 0 Å². The van der Waals surface area contributed by atoms with E-state index in [1.807, 2.05) is 26.0 Å². The molecule has 1 atom stereocenters. The summed E-state index contributed by atoms with van der Waals surface area (Å²) in [6.07, 6.45) is 4.28. The van der Waals surface area contributed by atoms with Gasteiger partial charge in [0.05, 0.1) is 17.0 Å². The van der Waals surface area contributed by atoms with Gasteiger partial charge in [-0.15, -0.1) is 11.3 Å². The summed E-state index contributed by atoms with van der Waals surface area (Å²) >= 11 is 1.51. The second-order valence-corrected chi connectivity index (χ2v) is 7.20. The fourth-order valence-corrected chi connectivity index (χ4v) is 3.45. The van der Waals surface area contributed by atoms with Gasteiger partial charge >= 0.3 is 0 Å². The van der Waals surface area contributed by atoms with E-state index >= 15 is 0 Å². The molecule has 22 heavy (non-hydrogen) atoms. The lowest BCUT2D eigenvalue weighted by atomic mass is 10.1. The average molecular weight is 320 g/mol. The minimum atomic E-state index is -0.0167. The van der Waals surface area contributed by atoms with Crippen molar-refractivity contribution in [1.82, 2.24) is 10.3 Å². The van der Waals surface area contributed by atoms with Crippen molar-refractivity contribution in [2.75, 3.05) is 0 Å². The summed E-state index contributed by atoms with van der Waals surface area (Å²) in [4.78, 5) is 17.6. The van der Waals surface area contributed by atoms with Crippen molar-refractivity contribution in [3.63, 3.8) is 0 Å². The van der Waals surface area contributed by atoms with Crippen LogP contribution in [0.1, 0.15) is 53.3 Å². The highest BCUT2D eigenvalue weighted by molar-refractivity contribution is 7.13. The quantitative estimate of drug-likeness (QED) is 0.839. The maximum atomic E-state index is 12.4. The van der Waals surface area contributed by atoms with Crippen LogP contribution in [0.4, 0.5) is 0 Å². The Morgan fingerprint density at radius 2 is 2.18 bits per heavy atom. The highest BCUT2D eigenvalue weighted by Crippen LogP contribution is 2.21. The van der Waals surface area contributed by atoms with Gasteiger partial charge in [0.15, 0.2) is 0 Å². The number of carbonyl (C=O) groups excluding carboxylic acids is 1. The number of aryl methyl sites for hydroxylation is 2. The van der Waals surface area contributed by atoms with E-state index in [1.165, 1.54) is 11.3 Å². The van der Waals surface area contributed by atoms with E-state index < -0.39 is 0 Å². The highest BCUT2D eigenvalue weighted by Gasteiger charge is 2.17. The van der Waals surface area contributed by atoms with Gasteiger partial charge in [0.1, 0.15) is 10.6 Å². The molecule has 4 nitrogen and oxygen atoms in total. The first-order valence-electron chi connectivity index (χ1n) is 7.75. The zero-order valence-electron chi connectivity index (χ0n) is 13.7. The predicted octanol–water partition coefficient (Wildman–Crippen LogP) is 3.99. The molecule has 0 bridgehead atoms. The van der Waals surface area contributed by atoms with Gasteiger partial charge in [-0.2, -0.15) is 0 Å². The van der Waals surface area contributed by atoms with E-state index in [-0.39, 0.29) is 11.9 Å².